The largest absolute Gasteiger partial charge is 0.590 e. The van der Waals surface area contributed by atoms with Gasteiger partial charge in [-0.25, -0.2) is 0 Å². The van der Waals surface area contributed by atoms with Crippen molar-refractivity contribution in [1.82, 2.24) is 0 Å². The predicted molar refractivity (Wildman–Crippen MR) is 57.7 cm³/mol. The quantitative estimate of drug-likeness (QED) is 0.553. The molecule has 0 aliphatic heterocycles. The number of thiophene rings is 1. The summed E-state index contributed by atoms with van der Waals surface area (Å²) < 4.78 is 12.4. The van der Waals surface area contributed by atoms with Crippen LogP contribution in [0, 0.1) is 6.92 Å². The molecule has 2 rings (SSSR count). The van der Waals surface area contributed by atoms with E-state index >= 15 is 0 Å². The Morgan fingerprint density at radius 1 is 1.50 bits per heavy atom. The van der Waals surface area contributed by atoms with Crippen molar-refractivity contribution in [3.63, 3.8) is 0 Å². The Hall–Kier alpha value is -0.900. The molecular weight excluding hydrogens is 220 g/mol. The number of hydrogen-bond acceptors (Lipinski definition) is 2. The molecule has 0 spiro atoms. The molecule has 1 aromatic heterocycles. The normalized spacial score (nSPS) is 12.1. The number of benzene rings is 1. The minimum Gasteiger partial charge on any atom is -0.590 e. The van der Waals surface area contributed by atoms with Crippen molar-refractivity contribution >= 4 is 38.7 Å². The highest BCUT2D eigenvalue weighted by Gasteiger charge is 2.18. The molecule has 0 aliphatic carbocycles. The zero-order valence-corrected chi connectivity index (χ0v) is 8.98. The van der Waals surface area contributed by atoms with Gasteiger partial charge in [-0.3, -0.25) is 4.79 Å². The number of aldehydes is 1. The number of hydrogen-bond donors (Lipinski definition) is 0. The average molecular weight is 227 g/mol. The first-order valence-corrected chi connectivity index (χ1v) is 5.55. The molecule has 0 bridgehead atoms. The van der Waals surface area contributed by atoms with Gasteiger partial charge in [-0.2, -0.15) is 0 Å². The Labute approximate surface area is 88.9 Å². The molecular formula is C10H7ClO2S. The third-order valence-electron chi connectivity index (χ3n) is 2.22. The van der Waals surface area contributed by atoms with E-state index in [0.717, 1.165) is 10.9 Å². The van der Waals surface area contributed by atoms with Crippen LogP contribution in [0.4, 0.5) is 0 Å². The fourth-order valence-corrected chi connectivity index (χ4v) is 2.97. The summed E-state index contributed by atoms with van der Waals surface area (Å²) in [6.07, 6.45) is 0.652. The number of rotatable bonds is 1. The third-order valence-corrected chi connectivity index (χ3v) is 4.01. The van der Waals surface area contributed by atoms with Crippen molar-refractivity contribution in [2.45, 2.75) is 6.92 Å². The minimum atomic E-state index is -1.32. The summed E-state index contributed by atoms with van der Waals surface area (Å²) in [5.74, 6) is 0. The van der Waals surface area contributed by atoms with Gasteiger partial charge in [0.25, 0.3) is 0 Å². The molecule has 0 radical (unpaired) electrons. The van der Waals surface area contributed by atoms with Crippen LogP contribution in [0.1, 0.15) is 15.2 Å². The molecule has 0 aliphatic rings. The maximum Gasteiger partial charge on any atom is 0.216 e. The number of carbonyl (C=O) groups is 1. The van der Waals surface area contributed by atoms with Gasteiger partial charge < -0.3 is 4.55 Å². The van der Waals surface area contributed by atoms with E-state index in [4.69, 9.17) is 11.6 Å². The van der Waals surface area contributed by atoms with Gasteiger partial charge >= 0.3 is 0 Å². The second-order valence-electron chi connectivity index (χ2n) is 3.02. The van der Waals surface area contributed by atoms with Crippen LogP contribution in [0.5, 0.6) is 0 Å². The lowest BCUT2D eigenvalue weighted by atomic mass is 10.1. The minimum absolute atomic E-state index is 0.349. The number of carbonyl (C=O) groups excluding carboxylic acids is 1. The van der Waals surface area contributed by atoms with Gasteiger partial charge in [0.2, 0.25) is 11.2 Å². The van der Waals surface area contributed by atoms with Gasteiger partial charge in [0.1, 0.15) is 0 Å². The molecule has 2 aromatic rings. The fourth-order valence-electron chi connectivity index (χ4n) is 1.48. The molecule has 0 saturated heterocycles. The molecule has 1 heterocycles. The van der Waals surface area contributed by atoms with Crippen molar-refractivity contribution in [2.24, 2.45) is 0 Å². The van der Waals surface area contributed by atoms with E-state index < -0.39 is 10.8 Å². The Bertz CT molecular complexity index is 516. The maximum absolute atomic E-state index is 11.7. The highest BCUT2D eigenvalue weighted by Crippen LogP contribution is 2.37. The van der Waals surface area contributed by atoms with Crippen LogP contribution in [-0.2, 0) is 0 Å². The van der Waals surface area contributed by atoms with Crippen molar-refractivity contribution in [2.75, 3.05) is 0 Å². The molecule has 0 amide bonds. The zero-order valence-electron chi connectivity index (χ0n) is 7.41. The molecule has 1 aromatic carbocycles. The second kappa shape index (κ2) is 3.35. The molecule has 1 unspecified atom stereocenters. The molecule has 0 N–H and O–H groups in total. The fraction of sp³-hybridized carbons (Fsp3) is 0.100. The first-order valence-electron chi connectivity index (χ1n) is 4.03. The zero-order chi connectivity index (χ0) is 10.3. The molecule has 0 fully saturated rings. The van der Waals surface area contributed by atoms with Crippen LogP contribution in [0.15, 0.2) is 18.2 Å². The van der Waals surface area contributed by atoms with Crippen LogP contribution in [0.2, 0.25) is 5.02 Å². The van der Waals surface area contributed by atoms with E-state index in [2.05, 4.69) is 0 Å². The van der Waals surface area contributed by atoms with Crippen LogP contribution < -0.4 is 0 Å². The number of fused-ring (bicyclic) bond motifs is 1. The van der Waals surface area contributed by atoms with E-state index in [9.17, 15) is 9.35 Å². The average Bonchev–Trinajstić information content (AvgIpc) is 2.39. The van der Waals surface area contributed by atoms with Gasteiger partial charge in [-0.05, 0) is 29.8 Å². The van der Waals surface area contributed by atoms with Crippen molar-refractivity contribution in [3.8, 4) is 0 Å². The summed E-state index contributed by atoms with van der Waals surface area (Å²) in [4.78, 5) is 11.0. The Morgan fingerprint density at radius 3 is 2.86 bits per heavy atom. The molecule has 0 saturated carbocycles. The smallest absolute Gasteiger partial charge is 0.216 e. The monoisotopic (exact) mass is 226 g/mol. The van der Waals surface area contributed by atoms with Crippen LogP contribution in [-0.4, -0.2) is 10.8 Å². The summed E-state index contributed by atoms with van der Waals surface area (Å²) in [6.45, 7) is 1.78. The topological polar surface area (TPSA) is 40.1 Å². The molecule has 1 atom stereocenters. The van der Waals surface area contributed by atoms with Crippen LogP contribution >= 0.6 is 22.4 Å². The van der Waals surface area contributed by atoms with E-state index in [1.54, 1.807) is 25.1 Å². The highest BCUT2D eigenvalue weighted by atomic mass is 35.5. The SMILES string of the molecule is Cc1c(C=O)[s+]([O-])c2ccc(Cl)cc12. The first kappa shape index (κ1) is 9.65. The highest BCUT2D eigenvalue weighted by molar-refractivity contribution is 7.33. The first-order chi connectivity index (χ1) is 6.65. The van der Waals surface area contributed by atoms with E-state index in [1.807, 2.05) is 0 Å². The second-order valence-corrected chi connectivity index (χ2v) is 4.87. The summed E-state index contributed by atoms with van der Waals surface area (Å²) in [7, 11) is -1.32. The number of aryl methyl sites for hydroxylation is 1. The molecule has 2 nitrogen and oxygen atoms in total. The Balaban J connectivity index is 2.94. The molecule has 72 valence electrons. The number of halogens is 1. The van der Waals surface area contributed by atoms with Crippen LogP contribution in [0.25, 0.3) is 10.1 Å². The summed E-state index contributed by atoms with van der Waals surface area (Å²) >= 11 is 5.82. The van der Waals surface area contributed by atoms with Gasteiger partial charge in [0, 0.05) is 22.0 Å². The summed E-state index contributed by atoms with van der Waals surface area (Å²) in [6, 6.07) is 5.12. The lowest BCUT2D eigenvalue weighted by Gasteiger charge is -1.91. The van der Waals surface area contributed by atoms with Crippen molar-refractivity contribution in [1.29, 1.82) is 0 Å². The van der Waals surface area contributed by atoms with Gasteiger partial charge in [-0.1, -0.05) is 11.6 Å². The van der Waals surface area contributed by atoms with Gasteiger partial charge in [-0.15, -0.1) is 0 Å². The molecule has 4 heteroatoms. The Morgan fingerprint density at radius 2 is 2.21 bits per heavy atom. The summed E-state index contributed by atoms with van der Waals surface area (Å²) in [5.41, 5.74) is 0.760. The molecule has 14 heavy (non-hydrogen) atoms. The standard InChI is InChI=1S/C10H7ClO2S/c1-6-8-4-7(11)2-3-9(8)14(13)10(6)5-12/h2-5H,1H3. The van der Waals surface area contributed by atoms with Crippen molar-refractivity contribution < 1.29 is 9.35 Å². The predicted octanol–water partition coefficient (Wildman–Crippen LogP) is 3.34. The van der Waals surface area contributed by atoms with Crippen molar-refractivity contribution in [3.05, 3.63) is 33.7 Å². The maximum atomic E-state index is 11.7. The third kappa shape index (κ3) is 1.25. The van der Waals surface area contributed by atoms with E-state index in [1.165, 1.54) is 0 Å². The van der Waals surface area contributed by atoms with Gasteiger partial charge in [0.15, 0.2) is 4.70 Å². The van der Waals surface area contributed by atoms with E-state index in [0.29, 0.717) is 20.9 Å². The Kier molecular flexibility index (Phi) is 2.31. The van der Waals surface area contributed by atoms with E-state index in [-0.39, 0.29) is 0 Å². The lowest BCUT2D eigenvalue weighted by molar-refractivity contribution is 0.112. The van der Waals surface area contributed by atoms with Gasteiger partial charge in [0.05, 0.1) is 0 Å². The van der Waals surface area contributed by atoms with Crippen LogP contribution in [0.3, 0.4) is 0 Å². The summed E-state index contributed by atoms with van der Waals surface area (Å²) in [5, 5.41) is 1.41. The lowest BCUT2D eigenvalue weighted by Crippen LogP contribution is -1.77.